The topological polar surface area (TPSA) is 54.5 Å². The van der Waals surface area contributed by atoms with Crippen molar-refractivity contribution in [3.63, 3.8) is 0 Å². The lowest BCUT2D eigenvalue weighted by Crippen LogP contribution is -2.46. The van der Waals surface area contributed by atoms with Crippen molar-refractivity contribution in [3.05, 3.63) is 59.0 Å². The molecule has 0 radical (unpaired) electrons. The Kier molecular flexibility index (Phi) is 5.71. The summed E-state index contributed by atoms with van der Waals surface area (Å²) in [6, 6.07) is 9.45. The Morgan fingerprint density at radius 2 is 1.96 bits per heavy atom. The maximum Gasteiger partial charge on any atom is 0.317 e. The van der Waals surface area contributed by atoms with Gasteiger partial charge in [-0.1, -0.05) is 23.7 Å². The van der Waals surface area contributed by atoms with Crippen molar-refractivity contribution in [2.24, 2.45) is 0 Å². The van der Waals surface area contributed by atoms with Crippen LogP contribution in [0.4, 0.5) is 9.18 Å². The van der Waals surface area contributed by atoms with E-state index in [2.05, 4.69) is 10.3 Å². The molecule has 1 aromatic heterocycles. The third kappa shape index (κ3) is 5.06. The Bertz CT molecular complexity index is 701. The fourth-order valence-corrected chi connectivity index (χ4v) is 2.78. The Labute approximate surface area is 150 Å². The second-order valence-electron chi connectivity index (χ2n) is 5.90. The Hall–Kier alpha value is -2.34. The molecule has 1 aliphatic heterocycles. The van der Waals surface area contributed by atoms with Gasteiger partial charge in [0.1, 0.15) is 11.9 Å². The Balaban J connectivity index is 1.42. The molecule has 7 heteroatoms. The van der Waals surface area contributed by atoms with Gasteiger partial charge in [0.25, 0.3) is 0 Å². The Morgan fingerprint density at radius 3 is 2.60 bits per heavy atom. The molecule has 0 spiro atoms. The molecule has 0 unspecified atom stereocenters. The summed E-state index contributed by atoms with van der Waals surface area (Å²) in [7, 11) is 0. The number of likely N-dealkylation sites (tertiary alicyclic amines) is 1. The van der Waals surface area contributed by atoms with Crippen LogP contribution in [-0.4, -0.2) is 35.1 Å². The highest BCUT2D eigenvalue weighted by molar-refractivity contribution is 6.30. The van der Waals surface area contributed by atoms with E-state index < -0.39 is 0 Å². The highest BCUT2D eigenvalue weighted by Crippen LogP contribution is 2.18. The summed E-state index contributed by atoms with van der Waals surface area (Å²) < 4.78 is 18.7. The van der Waals surface area contributed by atoms with E-state index in [1.807, 2.05) is 0 Å². The van der Waals surface area contributed by atoms with Crippen LogP contribution in [0, 0.1) is 5.82 Å². The van der Waals surface area contributed by atoms with Crippen molar-refractivity contribution >= 4 is 17.6 Å². The third-order valence-electron chi connectivity index (χ3n) is 4.07. The summed E-state index contributed by atoms with van der Waals surface area (Å²) >= 11 is 5.80. The van der Waals surface area contributed by atoms with Crippen molar-refractivity contribution in [1.29, 1.82) is 0 Å². The van der Waals surface area contributed by atoms with Crippen molar-refractivity contribution in [3.8, 4) is 5.88 Å². The standard InChI is InChI=1S/C18H19ClFN3O2/c19-14-3-6-17(21-12-14)25-16-7-9-23(10-8-16)18(24)22-11-13-1-4-15(20)5-2-13/h1-6,12,16H,7-11H2,(H,22,24). The summed E-state index contributed by atoms with van der Waals surface area (Å²) in [5.41, 5.74) is 0.863. The van der Waals surface area contributed by atoms with Crippen molar-refractivity contribution in [2.45, 2.75) is 25.5 Å². The first-order chi connectivity index (χ1) is 12.1. The van der Waals surface area contributed by atoms with E-state index in [-0.39, 0.29) is 18.0 Å². The first-order valence-electron chi connectivity index (χ1n) is 8.15. The number of urea groups is 1. The number of ether oxygens (including phenoxy) is 1. The molecule has 1 N–H and O–H groups in total. The van der Waals surface area contributed by atoms with Crippen LogP contribution < -0.4 is 10.1 Å². The van der Waals surface area contributed by atoms with E-state index >= 15 is 0 Å². The number of hydrogen-bond donors (Lipinski definition) is 1. The molecule has 132 valence electrons. The molecule has 1 saturated heterocycles. The smallest absolute Gasteiger partial charge is 0.317 e. The number of nitrogens with one attached hydrogen (secondary N) is 1. The first-order valence-corrected chi connectivity index (χ1v) is 8.53. The van der Waals surface area contributed by atoms with E-state index in [9.17, 15) is 9.18 Å². The van der Waals surface area contributed by atoms with Crippen LogP contribution in [0.5, 0.6) is 5.88 Å². The summed E-state index contributed by atoms with van der Waals surface area (Å²) in [5, 5.41) is 3.43. The van der Waals surface area contributed by atoms with Gasteiger partial charge in [-0.3, -0.25) is 0 Å². The van der Waals surface area contributed by atoms with Gasteiger partial charge in [-0.25, -0.2) is 14.2 Å². The molecule has 2 amide bonds. The molecule has 0 atom stereocenters. The molecule has 1 aromatic carbocycles. The lowest BCUT2D eigenvalue weighted by Gasteiger charge is -2.32. The van der Waals surface area contributed by atoms with Crippen LogP contribution >= 0.6 is 11.6 Å². The summed E-state index contributed by atoms with van der Waals surface area (Å²) in [6.07, 6.45) is 3.08. The second-order valence-corrected chi connectivity index (χ2v) is 6.34. The minimum Gasteiger partial charge on any atom is -0.474 e. The number of halogens is 2. The molecular formula is C18H19ClFN3O2. The van der Waals surface area contributed by atoms with E-state index in [1.165, 1.54) is 12.1 Å². The molecule has 2 heterocycles. The average Bonchev–Trinajstić information content (AvgIpc) is 2.63. The van der Waals surface area contributed by atoms with Gasteiger partial charge in [-0.2, -0.15) is 0 Å². The predicted molar refractivity (Wildman–Crippen MR) is 93.1 cm³/mol. The zero-order valence-corrected chi connectivity index (χ0v) is 14.4. The summed E-state index contributed by atoms with van der Waals surface area (Å²) in [4.78, 5) is 18.1. The van der Waals surface area contributed by atoms with Crippen LogP contribution in [0.25, 0.3) is 0 Å². The molecule has 3 rings (SSSR count). The van der Waals surface area contributed by atoms with Crippen molar-refractivity contribution in [1.82, 2.24) is 15.2 Å². The number of aromatic nitrogens is 1. The number of carbonyl (C=O) groups excluding carboxylic acids is 1. The number of pyridine rings is 1. The molecule has 0 saturated carbocycles. The minimum absolute atomic E-state index is 0.0369. The van der Waals surface area contributed by atoms with Gasteiger partial charge in [0.15, 0.2) is 0 Å². The second kappa shape index (κ2) is 8.16. The van der Waals surface area contributed by atoms with Crippen molar-refractivity contribution in [2.75, 3.05) is 13.1 Å². The zero-order chi connectivity index (χ0) is 17.6. The lowest BCUT2D eigenvalue weighted by molar-refractivity contribution is 0.107. The molecule has 2 aromatic rings. The molecule has 1 aliphatic rings. The molecule has 1 fully saturated rings. The quantitative estimate of drug-likeness (QED) is 0.902. The summed E-state index contributed by atoms with van der Waals surface area (Å²) in [5.74, 6) is 0.260. The fraction of sp³-hybridized carbons (Fsp3) is 0.333. The molecule has 25 heavy (non-hydrogen) atoms. The number of piperidine rings is 1. The van der Waals surface area contributed by atoms with Gasteiger partial charge in [-0.15, -0.1) is 0 Å². The fourth-order valence-electron chi connectivity index (χ4n) is 2.67. The molecule has 5 nitrogen and oxygen atoms in total. The average molecular weight is 364 g/mol. The number of benzene rings is 1. The number of carbonyl (C=O) groups is 1. The van der Waals surface area contributed by atoms with Gasteiger partial charge >= 0.3 is 6.03 Å². The predicted octanol–water partition coefficient (Wildman–Crippen LogP) is 3.63. The molecule has 0 aliphatic carbocycles. The van der Waals surface area contributed by atoms with Crippen LogP contribution in [0.2, 0.25) is 5.02 Å². The summed E-state index contributed by atoms with van der Waals surface area (Å²) in [6.45, 7) is 1.62. The SMILES string of the molecule is O=C(NCc1ccc(F)cc1)N1CCC(Oc2ccc(Cl)cn2)CC1. The van der Waals surface area contributed by atoms with Gasteiger partial charge in [0.2, 0.25) is 5.88 Å². The maximum absolute atomic E-state index is 12.9. The highest BCUT2D eigenvalue weighted by atomic mass is 35.5. The normalized spacial score (nSPS) is 15.0. The lowest BCUT2D eigenvalue weighted by atomic mass is 10.1. The highest BCUT2D eigenvalue weighted by Gasteiger charge is 2.24. The number of rotatable bonds is 4. The van der Waals surface area contributed by atoms with Crippen LogP contribution in [0.15, 0.2) is 42.6 Å². The van der Waals surface area contributed by atoms with Gasteiger partial charge < -0.3 is 15.0 Å². The third-order valence-corrected chi connectivity index (χ3v) is 4.30. The Morgan fingerprint density at radius 1 is 1.24 bits per heavy atom. The van der Waals surface area contributed by atoms with Gasteiger partial charge in [0, 0.05) is 44.7 Å². The molecular weight excluding hydrogens is 345 g/mol. The van der Waals surface area contributed by atoms with Crippen LogP contribution in [0.3, 0.4) is 0 Å². The molecule has 0 bridgehead atoms. The minimum atomic E-state index is -0.285. The number of nitrogens with zero attached hydrogens (tertiary/aromatic N) is 2. The van der Waals surface area contributed by atoms with E-state index in [4.69, 9.17) is 16.3 Å². The monoisotopic (exact) mass is 363 g/mol. The van der Waals surface area contributed by atoms with E-state index in [0.29, 0.717) is 30.5 Å². The van der Waals surface area contributed by atoms with Gasteiger partial charge in [-0.05, 0) is 23.8 Å². The number of amides is 2. The first kappa shape index (κ1) is 17.5. The van der Waals surface area contributed by atoms with E-state index in [0.717, 1.165) is 18.4 Å². The maximum atomic E-state index is 12.9. The van der Waals surface area contributed by atoms with E-state index in [1.54, 1.807) is 35.4 Å². The zero-order valence-electron chi connectivity index (χ0n) is 13.6. The van der Waals surface area contributed by atoms with Crippen LogP contribution in [0.1, 0.15) is 18.4 Å². The number of hydrogen-bond acceptors (Lipinski definition) is 3. The van der Waals surface area contributed by atoms with Crippen LogP contribution in [-0.2, 0) is 6.54 Å². The van der Waals surface area contributed by atoms with Crippen molar-refractivity contribution < 1.29 is 13.9 Å². The van der Waals surface area contributed by atoms with Gasteiger partial charge in [0.05, 0.1) is 5.02 Å². The largest absolute Gasteiger partial charge is 0.474 e.